The number of aliphatic hydroxyl groups is 1. The summed E-state index contributed by atoms with van der Waals surface area (Å²) in [7, 11) is 1.37. The average Bonchev–Trinajstić information content (AvgIpc) is 2.58. The molecule has 1 unspecified atom stereocenters. The van der Waals surface area contributed by atoms with Crippen LogP contribution in [0.4, 0.5) is 0 Å². The summed E-state index contributed by atoms with van der Waals surface area (Å²) < 4.78 is 5.05. The van der Waals surface area contributed by atoms with Crippen molar-refractivity contribution < 1.29 is 19.4 Å². The van der Waals surface area contributed by atoms with Crippen molar-refractivity contribution in [2.45, 2.75) is 64.4 Å². The van der Waals surface area contributed by atoms with Crippen molar-refractivity contribution in [3.05, 3.63) is 34.9 Å². The van der Waals surface area contributed by atoms with Crippen molar-refractivity contribution in [1.82, 2.24) is 0 Å². The second-order valence-electron chi connectivity index (χ2n) is 8.43. The Hall–Kier alpha value is -1.68. The molecule has 1 aromatic carbocycles. The molecule has 0 heterocycles. The summed E-state index contributed by atoms with van der Waals surface area (Å²) in [6, 6.07) is 6.03. The third kappa shape index (κ3) is 2.45. The zero-order chi connectivity index (χ0) is 18.6. The standard InChI is InChI=1S/C21H28O4/c1-12(2)13-7-8-15-14(11-13)16(22)17(23)18-20(15,3)9-6-10-21(18,4)19(24)25-5/h7-8,11-12,17-18,23H,6,9-10H2,1-5H3/t17?,18-,20-,21-/m1/s1. The summed E-state index contributed by atoms with van der Waals surface area (Å²) in [4.78, 5) is 25.5. The number of fused-ring (bicyclic) bond motifs is 3. The Morgan fingerprint density at radius 1 is 1.28 bits per heavy atom. The normalized spacial score (nSPS) is 34.4. The van der Waals surface area contributed by atoms with E-state index in [2.05, 4.69) is 26.8 Å². The van der Waals surface area contributed by atoms with Crippen LogP contribution in [0.1, 0.15) is 74.4 Å². The van der Waals surface area contributed by atoms with E-state index in [0.29, 0.717) is 17.9 Å². The number of methoxy groups -OCH3 is 1. The third-order valence-corrected chi connectivity index (χ3v) is 6.59. The largest absolute Gasteiger partial charge is 0.469 e. The van der Waals surface area contributed by atoms with Crippen LogP contribution in [0, 0.1) is 11.3 Å². The second kappa shape index (κ2) is 5.94. The number of carbonyl (C=O) groups is 2. The van der Waals surface area contributed by atoms with Crippen LogP contribution >= 0.6 is 0 Å². The highest BCUT2D eigenvalue weighted by Crippen LogP contribution is 2.57. The minimum absolute atomic E-state index is 0.267. The van der Waals surface area contributed by atoms with Gasteiger partial charge in [0.1, 0.15) is 6.10 Å². The van der Waals surface area contributed by atoms with Crippen molar-refractivity contribution in [2.24, 2.45) is 11.3 Å². The zero-order valence-corrected chi connectivity index (χ0v) is 15.8. The highest BCUT2D eigenvalue weighted by Gasteiger charge is 2.61. The van der Waals surface area contributed by atoms with E-state index in [4.69, 9.17) is 4.74 Å². The van der Waals surface area contributed by atoms with Gasteiger partial charge in [-0.1, -0.05) is 39.3 Å². The summed E-state index contributed by atoms with van der Waals surface area (Å²) in [5.74, 6) is -0.756. The molecule has 4 heteroatoms. The molecular weight excluding hydrogens is 316 g/mol. The molecule has 0 spiro atoms. The first-order valence-electron chi connectivity index (χ1n) is 9.12. The molecule has 0 saturated heterocycles. The molecule has 0 aliphatic heterocycles. The molecular formula is C21H28O4. The van der Waals surface area contributed by atoms with E-state index in [9.17, 15) is 14.7 Å². The van der Waals surface area contributed by atoms with E-state index in [0.717, 1.165) is 24.0 Å². The van der Waals surface area contributed by atoms with Crippen LogP contribution in [0.15, 0.2) is 18.2 Å². The molecule has 2 aliphatic rings. The minimum atomic E-state index is -1.18. The molecule has 1 aromatic rings. The molecule has 2 aliphatic carbocycles. The fourth-order valence-corrected chi connectivity index (χ4v) is 5.23. The van der Waals surface area contributed by atoms with Crippen LogP contribution in [-0.4, -0.2) is 30.1 Å². The smallest absolute Gasteiger partial charge is 0.311 e. The molecule has 1 N–H and O–H groups in total. The van der Waals surface area contributed by atoms with Crippen molar-refractivity contribution >= 4 is 11.8 Å². The Labute approximate surface area is 149 Å². The van der Waals surface area contributed by atoms with Crippen LogP contribution in [-0.2, 0) is 14.9 Å². The predicted molar refractivity (Wildman–Crippen MR) is 95.7 cm³/mol. The van der Waals surface area contributed by atoms with Crippen molar-refractivity contribution in [3.63, 3.8) is 0 Å². The number of rotatable bonds is 2. The summed E-state index contributed by atoms with van der Waals surface area (Å²) in [5, 5.41) is 10.9. The fraction of sp³-hybridized carbons (Fsp3) is 0.619. The number of ketones is 1. The molecule has 25 heavy (non-hydrogen) atoms. The number of Topliss-reactive ketones (excluding diaryl/α,β-unsaturated/α-hetero) is 1. The van der Waals surface area contributed by atoms with Gasteiger partial charge in [0.2, 0.25) is 0 Å². The van der Waals surface area contributed by atoms with Crippen molar-refractivity contribution in [3.8, 4) is 0 Å². The van der Waals surface area contributed by atoms with E-state index in [-0.39, 0.29) is 11.8 Å². The molecule has 1 fully saturated rings. The number of esters is 1. The Morgan fingerprint density at radius 2 is 1.96 bits per heavy atom. The first kappa shape index (κ1) is 18.1. The van der Waals surface area contributed by atoms with Gasteiger partial charge in [-0.2, -0.15) is 0 Å². The van der Waals surface area contributed by atoms with Gasteiger partial charge in [-0.05, 0) is 42.9 Å². The van der Waals surface area contributed by atoms with Crippen LogP contribution < -0.4 is 0 Å². The zero-order valence-electron chi connectivity index (χ0n) is 15.8. The van der Waals surface area contributed by atoms with Gasteiger partial charge in [0.15, 0.2) is 5.78 Å². The SMILES string of the molecule is COC(=O)[C@]1(C)CCC[C@]2(C)c3ccc(C(C)C)cc3C(=O)C(O)[C@@H]12. The molecule has 136 valence electrons. The van der Waals surface area contributed by atoms with Crippen molar-refractivity contribution in [1.29, 1.82) is 0 Å². The lowest BCUT2D eigenvalue weighted by Crippen LogP contribution is -2.60. The second-order valence-corrected chi connectivity index (χ2v) is 8.43. The van der Waals surface area contributed by atoms with Crippen LogP contribution in [0.2, 0.25) is 0 Å². The van der Waals surface area contributed by atoms with Gasteiger partial charge in [-0.3, -0.25) is 9.59 Å². The number of hydrogen-bond donors (Lipinski definition) is 1. The maximum Gasteiger partial charge on any atom is 0.311 e. The fourth-order valence-electron chi connectivity index (χ4n) is 5.23. The highest BCUT2D eigenvalue weighted by molar-refractivity contribution is 6.03. The number of aliphatic hydroxyl groups excluding tert-OH is 1. The molecule has 0 radical (unpaired) electrons. The van der Waals surface area contributed by atoms with Crippen molar-refractivity contribution in [2.75, 3.05) is 7.11 Å². The summed E-state index contributed by atoms with van der Waals surface area (Å²) in [5.41, 5.74) is 1.40. The van der Waals surface area contributed by atoms with Gasteiger partial charge < -0.3 is 9.84 Å². The lowest BCUT2D eigenvalue weighted by molar-refractivity contribution is -0.165. The van der Waals surface area contributed by atoms with E-state index in [1.54, 1.807) is 0 Å². The van der Waals surface area contributed by atoms with Gasteiger partial charge in [-0.25, -0.2) is 0 Å². The molecule has 3 rings (SSSR count). The summed E-state index contributed by atoms with van der Waals surface area (Å²) in [6.07, 6.45) is 1.17. The van der Waals surface area contributed by atoms with Gasteiger partial charge in [0.25, 0.3) is 0 Å². The minimum Gasteiger partial charge on any atom is -0.469 e. The van der Waals surface area contributed by atoms with E-state index >= 15 is 0 Å². The maximum absolute atomic E-state index is 13.0. The van der Waals surface area contributed by atoms with Crippen LogP contribution in [0.25, 0.3) is 0 Å². The number of hydrogen-bond acceptors (Lipinski definition) is 4. The first-order valence-corrected chi connectivity index (χ1v) is 9.12. The molecule has 4 atom stereocenters. The maximum atomic E-state index is 13.0. The number of ether oxygens (including phenoxy) is 1. The van der Waals surface area contributed by atoms with E-state index in [1.165, 1.54) is 7.11 Å². The monoisotopic (exact) mass is 344 g/mol. The Kier molecular flexibility index (Phi) is 4.31. The lowest BCUT2D eigenvalue weighted by Gasteiger charge is -2.55. The van der Waals surface area contributed by atoms with Crippen LogP contribution in [0.3, 0.4) is 0 Å². The topological polar surface area (TPSA) is 63.6 Å². The highest BCUT2D eigenvalue weighted by atomic mass is 16.5. The summed E-state index contributed by atoms with van der Waals surface area (Å²) in [6.45, 7) is 8.10. The molecule has 1 saturated carbocycles. The van der Waals surface area contributed by atoms with E-state index in [1.807, 2.05) is 19.1 Å². The molecule has 0 aromatic heterocycles. The lowest BCUT2D eigenvalue weighted by atomic mass is 9.48. The summed E-state index contributed by atoms with van der Waals surface area (Å²) >= 11 is 0. The third-order valence-electron chi connectivity index (χ3n) is 6.59. The van der Waals surface area contributed by atoms with Gasteiger partial charge in [0, 0.05) is 16.9 Å². The number of benzene rings is 1. The Morgan fingerprint density at radius 3 is 2.56 bits per heavy atom. The molecule has 4 nitrogen and oxygen atoms in total. The Bertz CT molecular complexity index is 723. The molecule has 0 bridgehead atoms. The predicted octanol–water partition coefficient (Wildman–Crippen LogP) is 3.60. The van der Waals surface area contributed by atoms with Gasteiger partial charge >= 0.3 is 5.97 Å². The Balaban J connectivity index is 2.20. The number of carbonyl (C=O) groups excluding carboxylic acids is 2. The molecule has 0 amide bonds. The van der Waals surface area contributed by atoms with Gasteiger partial charge in [0.05, 0.1) is 12.5 Å². The van der Waals surface area contributed by atoms with Gasteiger partial charge in [-0.15, -0.1) is 0 Å². The quantitative estimate of drug-likeness (QED) is 0.833. The van der Waals surface area contributed by atoms with E-state index < -0.39 is 22.9 Å². The van der Waals surface area contributed by atoms with Crippen LogP contribution in [0.5, 0.6) is 0 Å². The average molecular weight is 344 g/mol. The first-order chi connectivity index (χ1) is 11.7.